The molecule has 1 aromatic carbocycles. The number of aliphatic hydroxyl groups excluding tert-OH is 1. The van der Waals surface area contributed by atoms with Gasteiger partial charge in [-0.2, -0.15) is 0 Å². The van der Waals surface area contributed by atoms with E-state index < -0.39 is 0 Å². The van der Waals surface area contributed by atoms with E-state index in [2.05, 4.69) is 11.4 Å². The minimum atomic E-state index is -0.0785. The molecular formula is C14H16ClNOS. The van der Waals surface area contributed by atoms with Gasteiger partial charge in [-0.3, -0.25) is 0 Å². The van der Waals surface area contributed by atoms with Crippen LogP contribution in [0.3, 0.4) is 0 Å². The van der Waals surface area contributed by atoms with Gasteiger partial charge in [0.15, 0.2) is 0 Å². The summed E-state index contributed by atoms with van der Waals surface area (Å²) in [6, 6.07) is 9.92. The molecule has 1 atom stereocenters. The first-order valence-electron chi connectivity index (χ1n) is 5.83. The molecule has 0 saturated carbocycles. The van der Waals surface area contributed by atoms with Crippen LogP contribution in [0, 0.1) is 6.92 Å². The number of thiophene rings is 1. The van der Waals surface area contributed by atoms with Crippen LogP contribution in [0.15, 0.2) is 35.7 Å². The predicted molar refractivity (Wildman–Crippen MR) is 77.2 cm³/mol. The lowest BCUT2D eigenvalue weighted by Gasteiger charge is -2.17. The molecule has 0 fully saturated rings. The molecule has 0 bridgehead atoms. The van der Waals surface area contributed by atoms with Crippen molar-refractivity contribution in [2.24, 2.45) is 0 Å². The topological polar surface area (TPSA) is 32.3 Å². The van der Waals surface area contributed by atoms with Gasteiger partial charge in [-0.05, 0) is 35.6 Å². The van der Waals surface area contributed by atoms with Crippen molar-refractivity contribution in [2.75, 3.05) is 6.61 Å². The van der Waals surface area contributed by atoms with Crippen molar-refractivity contribution in [3.05, 3.63) is 56.7 Å². The Morgan fingerprint density at radius 3 is 2.83 bits per heavy atom. The summed E-state index contributed by atoms with van der Waals surface area (Å²) in [6.07, 6.45) is 0. The molecule has 96 valence electrons. The second-order valence-corrected chi connectivity index (χ2v) is 5.64. The summed E-state index contributed by atoms with van der Waals surface area (Å²) in [5, 5.41) is 15.6. The van der Waals surface area contributed by atoms with Crippen molar-refractivity contribution < 1.29 is 5.11 Å². The average Bonchev–Trinajstić information content (AvgIpc) is 2.87. The summed E-state index contributed by atoms with van der Waals surface area (Å²) < 4.78 is 0. The number of hydrogen-bond donors (Lipinski definition) is 2. The molecule has 2 N–H and O–H groups in total. The fourth-order valence-electron chi connectivity index (χ4n) is 1.75. The van der Waals surface area contributed by atoms with E-state index in [0.29, 0.717) is 0 Å². The Labute approximate surface area is 116 Å². The number of hydrogen-bond acceptors (Lipinski definition) is 3. The number of aryl methyl sites for hydroxylation is 1. The monoisotopic (exact) mass is 281 g/mol. The zero-order valence-electron chi connectivity index (χ0n) is 10.2. The van der Waals surface area contributed by atoms with E-state index in [1.165, 1.54) is 4.88 Å². The zero-order valence-corrected chi connectivity index (χ0v) is 11.8. The van der Waals surface area contributed by atoms with Gasteiger partial charge in [-0.1, -0.05) is 29.8 Å². The van der Waals surface area contributed by atoms with Crippen LogP contribution in [0.4, 0.5) is 0 Å². The summed E-state index contributed by atoms with van der Waals surface area (Å²) >= 11 is 7.81. The summed E-state index contributed by atoms with van der Waals surface area (Å²) in [6.45, 7) is 2.79. The van der Waals surface area contributed by atoms with Crippen molar-refractivity contribution in [3.63, 3.8) is 0 Å². The van der Waals surface area contributed by atoms with Crippen LogP contribution in [0.5, 0.6) is 0 Å². The second-order valence-electron chi connectivity index (χ2n) is 4.20. The zero-order chi connectivity index (χ0) is 13.0. The van der Waals surface area contributed by atoms with E-state index in [-0.39, 0.29) is 12.6 Å². The average molecular weight is 282 g/mol. The van der Waals surface area contributed by atoms with E-state index in [4.69, 9.17) is 11.6 Å². The van der Waals surface area contributed by atoms with Crippen LogP contribution in [0.25, 0.3) is 0 Å². The predicted octanol–water partition coefficient (Wildman–Crippen LogP) is 3.53. The highest BCUT2D eigenvalue weighted by atomic mass is 35.5. The second kappa shape index (κ2) is 6.34. The molecule has 4 heteroatoms. The van der Waals surface area contributed by atoms with Gasteiger partial charge in [0, 0.05) is 16.4 Å². The highest BCUT2D eigenvalue weighted by Crippen LogP contribution is 2.22. The molecule has 1 heterocycles. The van der Waals surface area contributed by atoms with E-state index >= 15 is 0 Å². The summed E-state index contributed by atoms with van der Waals surface area (Å²) in [5.74, 6) is 0. The van der Waals surface area contributed by atoms with Gasteiger partial charge < -0.3 is 10.4 Å². The number of halogens is 1. The molecule has 0 aliphatic carbocycles. The van der Waals surface area contributed by atoms with E-state index in [9.17, 15) is 5.11 Å². The minimum Gasteiger partial charge on any atom is -0.394 e. The number of aliphatic hydroxyl groups is 1. The molecule has 0 radical (unpaired) electrons. The third-order valence-electron chi connectivity index (χ3n) is 2.88. The van der Waals surface area contributed by atoms with Gasteiger partial charge in [0.2, 0.25) is 0 Å². The molecule has 0 aliphatic rings. The maximum absolute atomic E-state index is 9.47. The van der Waals surface area contributed by atoms with Crippen LogP contribution < -0.4 is 5.32 Å². The first-order valence-corrected chi connectivity index (χ1v) is 7.09. The Morgan fingerprint density at radius 1 is 1.39 bits per heavy atom. The van der Waals surface area contributed by atoms with Crippen molar-refractivity contribution in [2.45, 2.75) is 19.5 Å². The van der Waals surface area contributed by atoms with Crippen LogP contribution in [-0.4, -0.2) is 11.7 Å². The van der Waals surface area contributed by atoms with Crippen molar-refractivity contribution in [3.8, 4) is 0 Å². The molecule has 2 rings (SSSR count). The molecular weight excluding hydrogens is 266 g/mol. The van der Waals surface area contributed by atoms with E-state index in [1.807, 2.05) is 36.6 Å². The smallest absolute Gasteiger partial charge is 0.0626 e. The van der Waals surface area contributed by atoms with E-state index in [0.717, 1.165) is 22.7 Å². The maximum Gasteiger partial charge on any atom is 0.0626 e. The summed E-state index contributed by atoms with van der Waals surface area (Å²) in [7, 11) is 0. The molecule has 2 aromatic rings. The molecule has 0 saturated heterocycles. The Bertz CT molecular complexity index is 499. The normalized spacial score (nSPS) is 12.6. The van der Waals surface area contributed by atoms with Crippen LogP contribution >= 0.6 is 22.9 Å². The molecule has 2 nitrogen and oxygen atoms in total. The lowest BCUT2D eigenvalue weighted by Crippen LogP contribution is -2.23. The highest BCUT2D eigenvalue weighted by molar-refractivity contribution is 7.09. The molecule has 1 unspecified atom stereocenters. The van der Waals surface area contributed by atoms with Gasteiger partial charge in [0.1, 0.15) is 0 Å². The SMILES string of the molecule is Cc1ccc(C(CO)NCc2cccs2)cc1Cl. The van der Waals surface area contributed by atoms with Crippen LogP contribution in [-0.2, 0) is 6.54 Å². The van der Waals surface area contributed by atoms with Gasteiger partial charge in [0.25, 0.3) is 0 Å². The van der Waals surface area contributed by atoms with Crippen molar-refractivity contribution in [1.82, 2.24) is 5.32 Å². The molecule has 0 aliphatic heterocycles. The third-order valence-corrected chi connectivity index (χ3v) is 4.17. The van der Waals surface area contributed by atoms with Gasteiger partial charge in [-0.25, -0.2) is 0 Å². The van der Waals surface area contributed by atoms with Gasteiger partial charge >= 0.3 is 0 Å². The standard InChI is InChI=1S/C14H16ClNOS/c1-10-4-5-11(7-13(10)15)14(9-17)16-8-12-3-2-6-18-12/h2-7,14,16-17H,8-9H2,1H3. The maximum atomic E-state index is 9.47. The third kappa shape index (κ3) is 3.33. The first kappa shape index (κ1) is 13.6. The molecule has 1 aromatic heterocycles. The number of benzene rings is 1. The summed E-state index contributed by atoms with van der Waals surface area (Å²) in [4.78, 5) is 1.26. The lowest BCUT2D eigenvalue weighted by atomic mass is 10.1. The summed E-state index contributed by atoms with van der Waals surface area (Å²) in [5.41, 5.74) is 2.07. The van der Waals surface area contributed by atoms with Gasteiger partial charge in [-0.15, -0.1) is 11.3 Å². The Morgan fingerprint density at radius 2 is 2.22 bits per heavy atom. The van der Waals surface area contributed by atoms with Gasteiger partial charge in [0.05, 0.1) is 12.6 Å². The van der Waals surface area contributed by atoms with Crippen LogP contribution in [0.1, 0.15) is 22.0 Å². The number of nitrogens with one attached hydrogen (secondary N) is 1. The quantitative estimate of drug-likeness (QED) is 0.879. The number of rotatable bonds is 5. The molecule has 18 heavy (non-hydrogen) atoms. The fourth-order valence-corrected chi connectivity index (χ4v) is 2.60. The molecule has 0 amide bonds. The Kier molecular flexibility index (Phi) is 4.78. The lowest BCUT2D eigenvalue weighted by molar-refractivity contribution is 0.244. The van der Waals surface area contributed by atoms with Crippen LogP contribution in [0.2, 0.25) is 5.02 Å². The van der Waals surface area contributed by atoms with Crippen molar-refractivity contribution in [1.29, 1.82) is 0 Å². The fraction of sp³-hybridized carbons (Fsp3) is 0.286. The minimum absolute atomic E-state index is 0.0603. The Balaban J connectivity index is 2.05. The van der Waals surface area contributed by atoms with Crippen molar-refractivity contribution >= 4 is 22.9 Å². The van der Waals surface area contributed by atoms with E-state index in [1.54, 1.807) is 11.3 Å². The molecule has 0 spiro atoms. The largest absolute Gasteiger partial charge is 0.394 e. The highest BCUT2D eigenvalue weighted by Gasteiger charge is 2.11. The Hall–Kier alpha value is -0.870. The first-order chi connectivity index (χ1) is 8.70.